The maximum atomic E-state index is 11.9. The molecule has 4 nitrogen and oxygen atoms in total. The highest BCUT2D eigenvalue weighted by Crippen LogP contribution is 2.21. The monoisotopic (exact) mass is 329 g/mol. The molecule has 0 saturated carbocycles. The summed E-state index contributed by atoms with van der Waals surface area (Å²) in [6.45, 7) is 3.67. The second-order valence-electron chi connectivity index (χ2n) is 5.38. The molecule has 0 unspecified atom stereocenters. The summed E-state index contributed by atoms with van der Waals surface area (Å²) in [7, 11) is 0. The summed E-state index contributed by atoms with van der Waals surface area (Å²) >= 11 is 7.39. The number of carbonyl (C=O) groups is 2. The zero-order valence-corrected chi connectivity index (χ0v) is 13.8. The third-order valence-electron chi connectivity index (χ3n) is 2.85. The van der Waals surface area contributed by atoms with Gasteiger partial charge in [-0.2, -0.15) is 0 Å². The first-order valence-corrected chi connectivity index (χ1v) is 8.06. The van der Waals surface area contributed by atoms with Crippen LogP contribution in [0.2, 0.25) is 5.02 Å². The van der Waals surface area contributed by atoms with Crippen LogP contribution in [0.15, 0.2) is 29.2 Å². The van der Waals surface area contributed by atoms with Crippen LogP contribution in [0.5, 0.6) is 0 Å². The van der Waals surface area contributed by atoms with E-state index in [2.05, 4.69) is 5.32 Å². The van der Waals surface area contributed by atoms with Crippen LogP contribution >= 0.6 is 23.4 Å². The van der Waals surface area contributed by atoms with E-state index >= 15 is 0 Å². The van der Waals surface area contributed by atoms with Crippen molar-refractivity contribution < 1.29 is 14.7 Å². The van der Waals surface area contributed by atoms with E-state index in [0.717, 1.165) is 4.90 Å². The molecule has 1 aromatic rings. The summed E-state index contributed by atoms with van der Waals surface area (Å²) in [5.74, 6) is -0.245. The Bertz CT molecular complexity index is 488. The van der Waals surface area contributed by atoms with Crippen LogP contribution in [0.4, 0.5) is 0 Å². The van der Waals surface area contributed by atoms with Gasteiger partial charge in [0.05, 0.1) is 0 Å². The number of halogens is 1. The minimum atomic E-state index is -0.851. The Balaban J connectivity index is 2.30. The van der Waals surface area contributed by atoms with Crippen molar-refractivity contribution in [1.29, 1.82) is 0 Å². The number of carbonyl (C=O) groups excluding carboxylic acids is 1. The Labute approximate surface area is 134 Å². The average molecular weight is 330 g/mol. The van der Waals surface area contributed by atoms with E-state index in [-0.39, 0.29) is 12.3 Å². The first-order valence-electron chi connectivity index (χ1n) is 6.70. The van der Waals surface area contributed by atoms with E-state index in [1.807, 2.05) is 38.1 Å². The number of amides is 1. The summed E-state index contributed by atoms with van der Waals surface area (Å²) in [5, 5.41) is 12.2. The van der Waals surface area contributed by atoms with Gasteiger partial charge in [0.1, 0.15) is 0 Å². The summed E-state index contributed by atoms with van der Waals surface area (Å²) < 4.78 is 0. The van der Waals surface area contributed by atoms with E-state index in [9.17, 15) is 9.59 Å². The fourth-order valence-electron chi connectivity index (χ4n) is 1.71. The number of hydrogen-bond donors (Lipinski definition) is 2. The lowest BCUT2D eigenvalue weighted by Gasteiger charge is -2.25. The Morgan fingerprint density at radius 3 is 2.43 bits per heavy atom. The van der Waals surface area contributed by atoms with Crippen LogP contribution in [0, 0.1) is 0 Å². The van der Waals surface area contributed by atoms with Crippen molar-refractivity contribution in [3.63, 3.8) is 0 Å². The Morgan fingerprint density at radius 2 is 1.86 bits per heavy atom. The molecule has 0 bridgehead atoms. The number of aliphatic carboxylic acids is 1. The van der Waals surface area contributed by atoms with Crippen molar-refractivity contribution in [2.24, 2.45) is 0 Å². The fraction of sp³-hybridized carbons (Fsp3) is 0.467. The molecule has 21 heavy (non-hydrogen) atoms. The standard InChI is InChI=1S/C15H20ClNO3S/c1-15(2,9-7-14(19)20)17-13(18)8-10-21-12-5-3-11(16)4-6-12/h3-6H,7-10H2,1-2H3,(H,17,18)(H,19,20). The van der Waals surface area contributed by atoms with Crippen LogP contribution in [0.25, 0.3) is 0 Å². The SMILES string of the molecule is CC(C)(CCC(=O)O)NC(=O)CCSc1ccc(Cl)cc1. The van der Waals surface area contributed by atoms with Crippen molar-refractivity contribution in [2.45, 2.75) is 43.5 Å². The molecule has 0 heterocycles. The molecule has 0 radical (unpaired) electrons. The van der Waals surface area contributed by atoms with Gasteiger partial charge in [0.15, 0.2) is 0 Å². The van der Waals surface area contributed by atoms with Gasteiger partial charge in [-0.25, -0.2) is 0 Å². The van der Waals surface area contributed by atoms with Gasteiger partial charge in [-0.15, -0.1) is 11.8 Å². The number of carboxylic acids is 1. The third kappa shape index (κ3) is 7.97. The number of hydrogen-bond acceptors (Lipinski definition) is 3. The molecule has 0 aliphatic heterocycles. The summed E-state index contributed by atoms with van der Waals surface area (Å²) in [4.78, 5) is 23.5. The predicted octanol–water partition coefficient (Wildman–Crippen LogP) is 3.58. The van der Waals surface area contributed by atoms with Crippen molar-refractivity contribution in [3.05, 3.63) is 29.3 Å². The highest BCUT2D eigenvalue weighted by Gasteiger charge is 2.21. The van der Waals surface area contributed by atoms with Crippen molar-refractivity contribution >= 4 is 35.2 Å². The smallest absolute Gasteiger partial charge is 0.303 e. The first-order chi connectivity index (χ1) is 9.78. The van der Waals surface area contributed by atoms with E-state index in [0.29, 0.717) is 23.6 Å². The second-order valence-corrected chi connectivity index (χ2v) is 6.98. The minimum absolute atomic E-state index is 0.0484. The minimum Gasteiger partial charge on any atom is -0.481 e. The van der Waals surface area contributed by atoms with Gasteiger partial charge in [-0.3, -0.25) is 9.59 Å². The number of rotatable bonds is 8. The summed E-state index contributed by atoms with van der Waals surface area (Å²) in [6.07, 6.45) is 0.856. The van der Waals surface area contributed by atoms with E-state index in [4.69, 9.17) is 16.7 Å². The zero-order chi connectivity index (χ0) is 15.9. The average Bonchev–Trinajstić information content (AvgIpc) is 2.38. The van der Waals surface area contributed by atoms with Crippen LogP contribution in [0.3, 0.4) is 0 Å². The lowest BCUT2D eigenvalue weighted by atomic mass is 9.98. The topological polar surface area (TPSA) is 66.4 Å². The van der Waals surface area contributed by atoms with Gasteiger partial charge < -0.3 is 10.4 Å². The third-order valence-corrected chi connectivity index (χ3v) is 4.12. The lowest BCUT2D eigenvalue weighted by Crippen LogP contribution is -2.43. The van der Waals surface area contributed by atoms with Crippen molar-refractivity contribution in [1.82, 2.24) is 5.32 Å². The number of nitrogens with one attached hydrogen (secondary N) is 1. The quantitative estimate of drug-likeness (QED) is 0.715. The molecule has 0 atom stereocenters. The van der Waals surface area contributed by atoms with Crippen LogP contribution < -0.4 is 5.32 Å². The lowest BCUT2D eigenvalue weighted by molar-refractivity contribution is -0.137. The van der Waals surface area contributed by atoms with Crippen LogP contribution in [0.1, 0.15) is 33.1 Å². The van der Waals surface area contributed by atoms with E-state index in [1.54, 1.807) is 11.8 Å². The van der Waals surface area contributed by atoms with Gasteiger partial charge in [-0.05, 0) is 44.5 Å². The number of thioether (sulfide) groups is 1. The van der Waals surface area contributed by atoms with Gasteiger partial charge in [0.2, 0.25) is 5.91 Å². The molecule has 1 aromatic carbocycles. The summed E-state index contributed by atoms with van der Waals surface area (Å²) in [5.41, 5.74) is -0.500. The normalized spacial score (nSPS) is 11.2. The zero-order valence-electron chi connectivity index (χ0n) is 12.2. The van der Waals surface area contributed by atoms with Crippen molar-refractivity contribution in [3.8, 4) is 0 Å². The van der Waals surface area contributed by atoms with Crippen molar-refractivity contribution in [2.75, 3.05) is 5.75 Å². The molecule has 116 valence electrons. The molecule has 1 amide bonds. The Morgan fingerprint density at radius 1 is 1.24 bits per heavy atom. The van der Waals surface area contributed by atoms with E-state index < -0.39 is 11.5 Å². The highest BCUT2D eigenvalue weighted by atomic mass is 35.5. The van der Waals surface area contributed by atoms with Gasteiger partial charge in [0.25, 0.3) is 0 Å². The highest BCUT2D eigenvalue weighted by molar-refractivity contribution is 7.99. The Kier molecular flexibility index (Phi) is 7.05. The Hall–Kier alpha value is -1.20. The molecule has 1 rings (SSSR count). The predicted molar refractivity (Wildman–Crippen MR) is 85.9 cm³/mol. The molecule has 2 N–H and O–H groups in total. The second kappa shape index (κ2) is 8.29. The summed E-state index contributed by atoms with van der Waals surface area (Å²) in [6, 6.07) is 7.47. The molecule has 0 fully saturated rings. The van der Waals surface area contributed by atoms with E-state index in [1.165, 1.54) is 0 Å². The molecule has 0 spiro atoms. The maximum absolute atomic E-state index is 11.9. The molecular formula is C15H20ClNO3S. The van der Waals surface area contributed by atoms with Crippen LogP contribution in [-0.4, -0.2) is 28.3 Å². The van der Waals surface area contributed by atoms with Gasteiger partial charge in [-0.1, -0.05) is 11.6 Å². The fourth-order valence-corrected chi connectivity index (χ4v) is 2.69. The molecular weight excluding hydrogens is 310 g/mol. The molecule has 0 saturated heterocycles. The van der Waals surface area contributed by atoms with Crippen LogP contribution in [-0.2, 0) is 9.59 Å². The largest absolute Gasteiger partial charge is 0.481 e. The molecule has 6 heteroatoms. The molecule has 0 aromatic heterocycles. The first kappa shape index (κ1) is 17.9. The number of carboxylic acid groups (broad SMARTS) is 1. The molecule has 0 aliphatic rings. The van der Waals surface area contributed by atoms with Gasteiger partial charge in [0, 0.05) is 34.1 Å². The molecule has 0 aliphatic carbocycles. The number of benzene rings is 1. The van der Waals surface area contributed by atoms with Gasteiger partial charge >= 0.3 is 5.97 Å². The maximum Gasteiger partial charge on any atom is 0.303 e.